The van der Waals surface area contributed by atoms with Gasteiger partial charge in [0, 0.05) is 6.42 Å². The first-order valence-corrected chi connectivity index (χ1v) is 6.76. The number of fused-ring (bicyclic) bond motifs is 1. The molecular weight excluding hydrogens is 266 g/mol. The summed E-state index contributed by atoms with van der Waals surface area (Å²) in [6.45, 7) is 0. The van der Waals surface area contributed by atoms with Crippen molar-refractivity contribution >= 4 is 34.6 Å². The molecule has 1 saturated carbocycles. The zero-order valence-corrected chi connectivity index (χ0v) is 11.1. The number of hydrogen-bond donors (Lipinski definition) is 2. The molecule has 0 atom stereocenters. The van der Waals surface area contributed by atoms with Gasteiger partial charge in [-0.25, -0.2) is 4.98 Å². The van der Waals surface area contributed by atoms with E-state index in [2.05, 4.69) is 25.3 Å². The molecule has 3 rings (SSSR count). The molecule has 2 aromatic rings. The number of rotatable bonds is 3. The third-order valence-corrected chi connectivity index (χ3v) is 3.72. The zero-order chi connectivity index (χ0) is 13.2. The summed E-state index contributed by atoms with van der Waals surface area (Å²) < 4.78 is 0. The first-order valence-electron chi connectivity index (χ1n) is 6.39. The van der Waals surface area contributed by atoms with Crippen molar-refractivity contribution in [1.29, 1.82) is 0 Å². The molecule has 1 aliphatic carbocycles. The van der Waals surface area contributed by atoms with Crippen LogP contribution in [0.25, 0.3) is 11.2 Å². The summed E-state index contributed by atoms with van der Waals surface area (Å²) in [5.41, 5.74) is 1.03. The zero-order valence-electron chi connectivity index (χ0n) is 10.3. The normalized spacial score (nSPS) is 16.1. The number of aromatic nitrogens is 4. The van der Waals surface area contributed by atoms with E-state index in [-0.39, 0.29) is 17.0 Å². The summed E-state index contributed by atoms with van der Waals surface area (Å²) in [6.07, 6.45) is 6.73. The lowest BCUT2D eigenvalue weighted by Crippen LogP contribution is -2.17. The van der Waals surface area contributed by atoms with E-state index in [1.54, 1.807) is 0 Å². The number of carbonyl (C=O) groups is 1. The van der Waals surface area contributed by atoms with Gasteiger partial charge in [-0.2, -0.15) is 9.97 Å². The minimum Gasteiger partial charge on any atom is -0.341 e. The van der Waals surface area contributed by atoms with Crippen LogP contribution in [-0.2, 0) is 4.79 Å². The Morgan fingerprint density at radius 1 is 1.42 bits per heavy atom. The molecule has 19 heavy (non-hydrogen) atoms. The van der Waals surface area contributed by atoms with Crippen LogP contribution in [0.3, 0.4) is 0 Å². The monoisotopic (exact) mass is 279 g/mol. The maximum absolute atomic E-state index is 11.9. The van der Waals surface area contributed by atoms with Gasteiger partial charge in [-0.15, -0.1) is 0 Å². The van der Waals surface area contributed by atoms with Crippen LogP contribution < -0.4 is 5.32 Å². The summed E-state index contributed by atoms with van der Waals surface area (Å²) in [4.78, 5) is 26.9. The Bertz CT molecular complexity index is 605. The number of halogens is 1. The van der Waals surface area contributed by atoms with Crippen LogP contribution in [0.15, 0.2) is 6.33 Å². The number of nitrogens with one attached hydrogen (secondary N) is 2. The van der Waals surface area contributed by atoms with Crippen molar-refractivity contribution in [2.75, 3.05) is 5.32 Å². The summed E-state index contributed by atoms with van der Waals surface area (Å²) in [6, 6.07) is 0. The maximum atomic E-state index is 11.9. The molecule has 2 N–H and O–H groups in total. The predicted molar refractivity (Wildman–Crippen MR) is 71.9 cm³/mol. The number of nitrogens with zero attached hydrogens (tertiary/aromatic N) is 3. The van der Waals surface area contributed by atoms with Gasteiger partial charge in [0.1, 0.15) is 5.52 Å². The third kappa shape index (κ3) is 2.68. The van der Waals surface area contributed by atoms with Crippen LogP contribution in [0.4, 0.5) is 5.95 Å². The molecule has 1 aliphatic rings. The second-order valence-electron chi connectivity index (χ2n) is 4.84. The van der Waals surface area contributed by atoms with Crippen molar-refractivity contribution in [3.05, 3.63) is 11.5 Å². The van der Waals surface area contributed by atoms with Gasteiger partial charge in [0.05, 0.1) is 6.33 Å². The predicted octanol–water partition coefficient (Wildman–Crippen LogP) is 2.53. The Morgan fingerprint density at radius 3 is 3.00 bits per heavy atom. The minimum absolute atomic E-state index is 0.0575. The molecule has 6 nitrogen and oxygen atoms in total. The highest BCUT2D eigenvalue weighted by Gasteiger charge is 2.19. The second kappa shape index (κ2) is 5.13. The topological polar surface area (TPSA) is 83.6 Å². The molecule has 0 bridgehead atoms. The minimum atomic E-state index is -0.0575. The van der Waals surface area contributed by atoms with Crippen LogP contribution in [0.5, 0.6) is 0 Å². The molecule has 2 heterocycles. The van der Waals surface area contributed by atoms with Gasteiger partial charge >= 0.3 is 0 Å². The van der Waals surface area contributed by atoms with Crippen LogP contribution >= 0.6 is 11.6 Å². The standard InChI is InChI=1S/C12H14ClN5O/c13-10-9-11(15-6-14-9)18-12(17-10)16-8(19)5-7-3-1-2-4-7/h6-7H,1-5H2,(H2,14,15,16,17,18,19). The highest BCUT2D eigenvalue weighted by molar-refractivity contribution is 6.33. The Morgan fingerprint density at radius 2 is 2.21 bits per heavy atom. The SMILES string of the molecule is O=C(CC1CCCC1)Nc1nc(Cl)c2[nH]cnc2n1. The quantitative estimate of drug-likeness (QED) is 0.846. The average molecular weight is 280 g/mol. The van der Waals surface area contributed by atoms with Crippen molar-refractivity contribution in [2.45, 2.75) is 32.1 Å². The molecule has 0 saturated heterocycles. The lowest BCUT2D eigenvalue weighted by molar-refractivity contribution is -0.117. The first-order chi connectivity index (χ1) is 9.22. The molecular formula is C12H14ClN5O. The van der Waals surface area contributed by atoms with Crippen molar-refractivity contribution < 1.29 is 4.79 Å². The summed E-state index contributed by atoms with van der Waals surface area (Å²) >= 11 is 5.98. The van der Waals surface area contributed by atoms with E-state index in [1.807, 2.05) is 0 Å². The van der Waals surface area contributed by atoms with E-state index in [9.17, 15) is 4.79 Å². The first kappa shape index (κ1) is 12.3. The van der Waals surface area contributed by atoms with Crippen molar-refractivity contribution in [2.24, 2.45) is 5.92 Å². The Hall–Kier alpha value is -1.69. The van der Waals surface area contributed by atoms with E-state index in [0.717, 1.165) is 12.8 Å². The molecule has 100 valence electrons. The molecule has 0 aliphatic heterocycles. The smallest absolute Gasteiger partial charge is 0.233 e. The molecule has 0 radical (unpaired) electrons. The maximum Gasteiger partial charge on any atom is 0.233 e. The number of amides is 1. The van der Waals surface area contributed by atoms with E-state index >= 15 is 0 Å². The highest BCUT2D eigenvalue weighted by Crippen LogP contribution is 2.27. The van der Waals surface area contributed by atoms with Crippen molar-refractivity contribution in [3.8, 4) is 0 Å². The third-order valence-electron chi connectivity index (χ3n) is 3.44. The fourth-order valence-electron chi connectivity index (χ4n) is 2.51. The van der Waals surface area contributed by atoms with E-state index in [4.69, 9.17) is 11.6 Å². The Balaban J connectivity index is 1.71. The number of anilines is 1. The molecule has 0 aromatic carbocycles. The second-order valence-corrected chi connectivity index (χ2v) is 5.20. The van der Waals surface area contributed by atoms with E-state index < -0.39 is 0 Å². The number of aromatic amines is 1. The van der Waals surface area contributed by atoms with Gasteiger partial charge in [-0.3, -0.25) is 10.1 Å². The lowest BCUT2D eigenvalue weighted by Gasteiger charge is -2.08. The number of H-pyrrole nitrogens is 1. The number of hydrogen-bond acceptors (Lipinski definition) is 4. The van der Waals surface area contributed by atoms with Gasteiger partial charge in [0.2, 0.25) is 11.9 Å². The number of imidazole rings is 1. The van der Waals surface area contributed by atoms with Crippen molar-refractivity contribution in [3.63, 3.8) is 0 Å². The summed E-state index contributed by atoms with van der Waals surface area (Å²) in [7, 11) is 0. The van der Waals surface area contributed by atoms with Crippen LogP contribution in [0.2, 0.25) is 5.15 Å². The fraction of sp³-hybridized carbons (Fsp3) is 0.500. The Labute approximate surface area is 115 Å². The fourth-order valence-corrected chi connectivity index (χ4v) is 2.73. The van der Waals surface area contributed by atoms with Gasteiger partial charge in [-0.1, -0.05) is 24.4 Å². The van der Waals surface area contributed by atoms with Gasteiger partial charge in [0.15, 0.2) is 10.8 Å². The van der Waals surface area contributed by atoms with Gasteiger partial charge in [-0.05, 0) is 18.8 Å². The molecule has 0 unspecified atom stereocenters. The average Bonchev–Trinajstić information content (AvgIpc) is 2.99. The Kier molecular flexibility index (Phi) is 3.33. The van der Waals surface area contributed by atoms with Crippen LogP contribution in [0, 0.1) is 5.92 Å². The van der Waals surface area contributed by atoms with Crippen LogP contribution in [-0.4, -0.2) is 25.8 Å². The van der Waals surface area contributed by atoms with Crippen molar-refractivity contribution in [1.82, 2.24) is 19.9 Å². The highest BCUT2D eigenvalue weighted by atomic mass is 35.5. The van der Waals surface area contributed by atoms with Gasteiger partial charge in [0.25, 0.3) is 0 Å². The molecule has 1 amide bonds. The molecule has 0 spiro atoms. The number of carbonyl (C=O) groups excluding carboxylic acids is 1. The largest absolute Gasteiger partial charge is 0.341 e. The molecule has 2 aromatic heterocycles. The summed E-state index contributed by atoms with van der Waals surface area (Å²) in [5, 5.41) is 2.95. The summed E-state index contributed by atoms with van der Waals surface area (Å²) in [5.74, 6) is 0.648. The lowest BCUT2D eigenvalue weighted by atomic mass is 10.0. The van der Waals surface area contributed by atoms with E-state index in [0.29, 0.717) is 23.5 Å². The molecule has 1 fully saturated rings. The van der Waals surface area contributed by atoms with E-state index in [1.165, 1.54) is 19.2 Å². The van der Waals surface area contributed by atoms with Crippen LogP contribution in [0.1, 0.15) is 32.1 Å². The molecule has 7 heteroatoms. The van der Waals surface area contributed by atoms with Gasteiger partial charge < -0.3 is 4.98 Å².